The Morgan fingerprint density at radius 2 is 2.00 bits per heavy atom. The van der Waals surface area contributed by atoms with Gasteiger partial charge in [0.1, 0.15) is 11.6 Å². The van der Waals surface area contributed by atoms with Gasteiger partial charge in [-0.05, 0) is 50.0 Å². The number of aryl methyl sites for hydroxylation is 1. The zero-order chi connectivity index (χ0) is 23.5. The lowest BCUT2D eigenvalue weighted by atomic mass is 10.0. The summed E-state index contributed by atoms with van der Waals surface area (Å²) in [5.41, 5.74) is 10.5. The van der Waals surface area contributed by atoms with Gasteiger partial charge in [0.15, 0.2) is 5.82 Å². The maximum absolute atomic E-state index is 14.6. The Kier molecular flexibility index (Phi) is 6.47. The van der Waals surface area contributed by atoms with E-state index in [1.807, 2.05) is 19.9 Å². The van der Waals surface area contributed by atoms with Gasteiger partial charge in [-0.15, -0.1) is 0 Å². The quantitative estimate of drug-likeness (QED) is 0.564. The van der Waals surface area contributed by atoms with Crippen LogP contribution in [-0.2, 0) is 6.54 Å². The number of nitrogens with zero attached hydrogens (tertiary/aromatic N) is 6. The van der Waals surface area contributed by atoms with E-state index in [-0.39, 0.29) is 5.82 Å². The molecule has 1 aliphatic heterocycles. The van der Waals surface area contributed by atoms with Crippen molar-refractivity contribution in [3.05, 3.63) is 47.7 Å². The lowest BCUT2D eigenvalue weighted by molar-refractivity contribution is 0.244. The largest absolute Gasteiger partial charge is 0.383 e. The molecule has 8 nitrogen and oxygen atoms in total. The fourth-order valence-electron chi connectivity index (χ4n) is 4.11. The second kappa shape index (κ2) is 9.46. The second-order valence-corrected chi connectivity index (χ2v) is 8.28. The molecule has 1 aromatic carbocycles. The number of nitrogen functional groups attached to an aromatic ring is 1. The van der Waals surface area contributed by atoms with E-state index in [9.17, 15) is 4.39 Å². The number of anilines is 2. The van der Waals surface area contributed by atoms with E-state index in [0.717, 1.165) is 49.4 Å². The van der Waals surface area contributed by atoms with Crippen LogP contribution in [0.5, 0.6) is 0 Å². The lowest BCUT2D eigenvalue weighted by Gasteiger charge is -2.36. The van der Waals surface area contributed by atoms with E-state index in [0.29, 0.717) is 35.3 Å². The third-order valence-corrected chi connectivity index (χ3v) is 5.94. The van der Waals surface area contributed by atoms with Crippen molar-refractivity contribution < 1.29 is 4.39 Å². The van der Waals surface area contributed by atoms with Crippen molar-refractivity contribution in [1.82, 2.24) is 29.9 Å². The molecule has 0 saturated carbocycles. The molecule has 3 N–H and O–H groups in total. The van der Waals surface area contributed by atoms with Gasteiger partial charge in [0.05, 0.1) is 24.0 Å². The molecule has 0 unspecified atom stereocenters. The molecule has 0 bridgehead atoms. The Bertz CT molecular complexity index is 1220. The highest BCUT2D eigenvalue weighted by molar-refractivity contribution is 5.69. The van der Waals surface area contributed by atoms with Gasteiger partial charge < -0.3 is 10.6 Å². The normalized spacial score (nSPS) is 14.2. The fraction of sp³-hybridized carbons (Fsp3) is 0.375. The molecule has 1 aliphatic rings. The van der Waals surface area contributed by atoms with Gasteiger partial charge in [-0.3, -0.25) is 10.00 Å². The van der Waals surface area contributed by atoms with Crippen molar-refractivity contribution in [3.63, 3.8) is 0 Å². The van der Waals surface area contributed by atoms with Gasteiger partial charge in [-0.25, -0.2) is 9.07 Å². The molecule has 1 saturated heterocycles. The average Bonchev–Trinajstić information content (AvgIpc) is 3.39. The van der Waals surface area contributed by atoms with Gasteiger partial charge in [0.25, 0.3) is 0 Å². The first-order valence-electron chi connectivity index (χ1n) is 11.0. The molecule has 0 aliphatic carbocycles. The molecular formula is C24H29FN8. The van der Waals surface area contributed by atoms with Crippen LogP contribution in [-0.4, -0.2) is 62.6 Å². The van der Waals surface area contributed by atoms with E-state index >= 15 is 0 Å². The zero-order valence-corrected chi connectivity index (χ0v) is 19.3. The molecule has 0 radical (unpaired) electrons. The Hall–Kier alpha value is -3.64. The highest BCUT2D eigenvalue weighted by atomic mass is 19.1. The zero-order valence-electron chi connectivity index (χ0n) is 19.3. The molecule has 0 amide bonds. The molecule has 1 fully saturated rings. The lowest BCUT2D eigenvalue weighted by Crippen LogP contribution is -2.47. The Morgan fingerprint density at radius 1 is 1.24 bits per heavy atom. The summed E-state index contributed by atoms with van der Waals surface area (Å²) in [5, 5.41) is 11.4. The smallest absolute Gasteiger partial charge is 0.201 e. The van der Waals surface area contributed by atoms with Gasteiger partial charge in [-0.1, -0.05) is 18.1 Å². The van der Waals surface area contributed by atoms with Gasteiger partial charge in [-0.2, -0.15) is 15.2 Å². The minimum absolute atomic E-state index is 0.178. The van der Waals surface area contributed by atoms with Crippen molar-refractivity contribution >= 4 is 17.1 Å². The van der Waals surface area contributed by atoms with Crippen molar-refractivity contribution in [2.45, 2.75) is 27.3 Å². The van der Waals surface area contributed by atoms with Crippen molar-refractivity contribution in [3.8, 4) is 23.2 Å². The van der Waals surface area contributed by atoms with Crippen LogP contribution < -0.4 is 10.6 Å². The molecule has 2 aromatic heterocycles. The maximum atomic E-state index is 14.6. The number of hydrogen-bond donors (Lipinski definition) is 2. The molecule has 172 valence electrons. The number of nitrogens with one attached hydrogen (secondary N) is 1. The van der Waals surface area contributed by atoms with Crippen LogP contribution in [0, 0.1) is 24.6 Å². The minimum Gasteiger partial charge on any atom is -0.383 e. The summed E-state index contributed by atoms with van der Waals surface area (Å²) in [6.07, 6.45) is 1.68. The number of nitrogens with two attached hydrogens (primary N) is 1. The third kappa shape index (κ3) is 4.76. The molecule has 9 heteroatoms. The Balaban J connectivity index is 1.36. The summed E-state index contributed by atoms with van der Waals surface area (Å²) < 4.78 is 16.4. The van der Waals surface area contributed by atoms with Crippen LogP contribution in [0.4, 0.5) is 15.9 Å². The predicted octanol–water partition coefficient (Wildman–Crippen LogP) is 2.92. The number of allylic oxidation sites excluding steroid dienone is 1. The fourth-order valence-corrected chi connectivity index (χ4v) is 4.11. The topological polar surface area (TPSA) is 91.9 Å². The first-order chi connectivity index (χ1) is 15.9. The number of piperazine rings is 1. The molecule has 4 rings (SSSR count). The molecule has 3 aromatic rings. The van der Waals surface area contributed by atoms with Crippen molar-refractivity contribution in [2.24, 2.45) is 0 Å². The molecule has 3 heterocycles. The summed E-state index contributed by atoms with van der Waals surface area (Å²) in [4.78, 5) is 8.78. The average molecular weight is 449 g/mol. The molecular weight excluding hydrogens is 419 g/mol. The SMILES string of the molecule is C=C(C)c1cc(N2CCN(CCn3ncc(-c4n[nH]c(C#CC)n4)c3N)CC2)c(F)cc1C. The standard InChI is InChI=1S/C24H29FN8/c1-5-6-22-28-24(30-29-22)19-15-27-33(23(19)26)12-9-31-7-10-32(11-8-31)21-14-18(16(2)3)17(4)13-20(21)25/h13-15H,2,7-12,26H2,1,3-4H3,(H,28,29,30). The van der Waals surface area contributed by atoms with Crippen molar-refractivity contribution in [1.29, 1.82) is 0 Å². The number of benzene rings is 1. The summed E-state index contributed by atoms with van der Waals surface area (Å²) in [6.45, 7) is 14.3. The highest BCUT2D eigenvalue weighted by Gasteiger charge is 2.21. The molecule has 0 atom stereocenters. The highest BCUT2D eigenvalue weighted by Crippen LogP contribution is 2.28. The summed E-state index contributed by atoms with van der Waals surface area (Å²) in [7, 11) is 0. The van der Waals surface area contributed by atoms with E-state index < -0.39 is 0 Å². The van der Waals surface area contributed by atoms with Crippen LogP contribution in [0.2, 0.25) is 0 Å². The first-order valence-corrected chi connectivity index (χ1v) is 11.0. The van der Waals surface area contributed by atoms with Crippen LogP contribution in [0.25, 0.3) is 17.0 Å². The van der Waals surface area contributed by atoms with Crippen LogP contribution in [0.15, 0.2) is 24.9 Å². The maximum Gasteiger partial charge on any atom is 0.201 e. The monoisotopic (exact) mass is 448 g/mol. The van der Waals surface area contributed by atoms with Gasteiger partial charge in [0.2, 0.25) is 5.82 Å². The number of aromatic amines is 1. The number of hydrogen-bond acceptors (Lipinski definition) is 6. The minimum atomic E-state index is -0.178. The summed E-state index contributed by atoms with van der Waals surface area (Å²) >= 11 is 0. The van der Waals surface area contributed by atoms with E-state index in [2.05, 4.69) is 48.5 Å². The van der Waals surface area contributed by atoms with E-state index in [1.165, 1.54) is 0 Å². The van der Waals surface area contributed by atoms with Crippen LogP contribution >= 0.6 is 0 Å². The Labute approximate surface area is 193 Å². The van der Waals surface area contributed by atoms with E-state index in [4.69, 9.17) is 5.73 Å². The molecule has 33 heavy (non-hydrogen) atoms. The van der Waals surface area contributed by atoms with Crippen LogP contribution in [0.3, 0.4) is 0 Å². The number of rotatable bonds is 6. The Morgan fingerprint density at radius 3 is 2.70 bits per heavy atom. The van der Waals surface area contributed by atoms with E-state index in [1.54, 1.807) is 23.9 Å². The van der Waals surface area contributed by atoms with Crippen LogP contribution in [0.1, 0.15) is 30.8 Å². The predicted molar refractivity (Wildman–Crippen MR) is 129 cm³/mol. The number of aromatic nitrogens is 5. The van der Waals surface area contributed by atoms with Gasteiger partial charge >= 0.3 is 0 Å². The van der Waals surface area contributed by atoms with Gasteiger partial charge in [0, 0.05) is 32.7 Å². The molecule has 0 spiro atoms. The van der Waals surface area contributed by atoms with Crippen molar-refractivity contribution in [2.75, 3.05) is 43.4 Å². The third-order valence-electron chi connectivity index (χ3n) is 5.94. The number of H-pyrrole nitrogens is 1. The summed E-state index contributed by atoms with van der Waals surface area (Å²) in [6, 6.07) is 3.53. The summed E-state index contributed by atoms with van der Waals surface area (Å²) in [5.74, 6) is 6.95. The number of halogens is 1. The second-order valence-electron chi connectivity index (χ2n) is 8.28. The first kappa shape index (κ1) is 22.6.